The first kappa shape index (κ1) is 36.4. The van der Waals surface area contributed by atoms with Crippen molar-refractivity contribution in [2.75, 3.05) is 13.2 Å². The van der Waals surface area contributed by atoms with Gasteiger partial charge in [0.2, 0.25) is 0 Å². The number of aryl methyl sites for hydroxylation is 2. The second kappa shape index (κ2) is 20.1. The van der Waals surface area contributed by atoms with Gasteiger partial charge in [-0.15, -0.1) is 0 Å². The Balaban J connectivity index is 1.43. The molecular formula is C38H45ClO7. The molecule has 3 rings (SSSR count). The van der Waals surface area contributed by atoms with Crippen LogP contribution in [0, 0.1) is 6.92 Å². The van der Waals surface area contributed by atoms with Gasteiger partial charge in [-0.1, -0.05) is 82.2 Å². The van der Waals surface area contributed by atoms with E-state index in [1.807, 2.05) is 19.1 Å². The lowest BCUT2D eigenvalue weighted by Gasteiger charge is -2.11. The highest BCUT2D eigenvalue weighted by atomic mass is 35.5. The molecular weight excluding hydrogens is 604 g/mol. The molecule has 246 valence electrons. The normalized spacial score (nSPS) is 10.7. The third-order valence-corrected chi connectivity index (χ3v) is 7.75. The molecule has 3 aromatic carbocycles. The minimum atomic E-state index is -0.595. The number of carbonyl (C=O) groups is 3. The summed E-state index contributed by atoms with van der Waals surface area (Å²) < 4.78 is 21.8. The first-order valence-corrected chi connectivity index (χ1v) is 16.5. The maximum absolute atomic E-state index is 12.8. The molecule has 0 aliphatic carbocycles. The maximum Gasteiger partial charge on any atom is 0.345 e. The Bertz CT molecular complexity index is 1430. The predicted octanol–water partition coefficient (Wildman–Crippen LogP) is 9.66. The molecule has 7 nitrogen and oxygen atoms in total. The largest absolute Gasteiger partial charge is 0.493 e. The van der Waals surface area contributed by atoms with E-state index in [1.165, 1.54) is 68.7 Å². The summed E-state index contributed by atoms with van der Waals surface area (Å²) in [5.41, 5.74) is 2.49. The van der Waals surface area contributed by atoms with E-state index in [2.05, 4.69) is 13.5 Å². The molecule has 0 heterocycles. The van der Waals surface area contributed by atoms with Crippen LogP contribution in [0.2, 0.25) is 5.02 Å². The Labute approximate surface area is 277 Å². The van der Waals surface area contributed by atoms with Gasteiger partial charge in [-0.05, 0) is 86.2 Å². The average molecular weight is 649 g/mol. The van der Waals surface area contributed by atoms with Crippen LogP contribution in [0.3, 0.4) is 0 Å². The fraction of sp³-hybridized carbons (Fsp3) is 0.395. The van der Waals surface area contributed by atoms with Crippen molar-refractivity contribution in [2.24, 2.45) is 0 Å². The quantitative estimate of drug-likeness (QED) is 0.0521. The van der Waals surface area contributed by atoms with Gasteiger partial charge in [0, 0.05) is 12.1 Å². The molecule has 0 radical (unpaired) electrons. The zero-order valence-corrected chi connectivity index (χ0v) is 27.7. The van der Waals surface area contributed by atoms with Gasteiger partial charge in [0.15, 0.2) is 0 Å². The van der Waals surface area contributed by atoms with E-state index in [-0.39, 0.29) is 16.3 Å². The Morgan fingerprint density at radius 1 is 0.739 bits per heavy atom. The van der Waals surface area contributed by atoms with E-state index in [0.717, 1.165) is 24.5 Å². The smallest absolute Gasteiger partial charge is 0.345 e. The SMILES string of the molecule is C=CC(=O)OCCCCOc1ccc(C(=O)Oc2ccc(C(=O)Oc3ccc(CCCCCCCCCC)cc3)c(Cl)c2)cc1C. The molecule has 0 N–H and O–H groups in total. The molecule has 0 bridgehead atoms. The number of unbranched alkanes of at least 4 members (excludes halogenated alkanes) is 8. The van der Waals surface area contributed by atoms with E-state index in [9.17, 15) is 14.4 Å². The van der Waals surface area contributed by atoms with Gasteiger partial charge >= 0.3 is 17.9 Å². The zero-order valence-electron chi connectivity index (χ0n) is 27.0. The minimum Gasteiger partial charge on any atom is -0.493 e. The van der Waals surface area contributed by atoms with E-state index >= 15 is 0 Å². The highest BCUT2D eigenvalue weighted by molar-refractivity contribution is 6.33. The fourth-order valence-corrected chi connectivity index (χ4v) is 5.04. The van der Waals surface area contributed by atoms with Crippen LogP contribution in [0.15, 0.2) is 73.3 Å². The molecule has 8 heteroatoms. The zero-order chi connectivity index (χ0) is 33.1. The molecule has 0 unspecified atom stereocenters. The number of esters is 3. The van der Waals surface area contributed by atoms with E-state index in [0.29, 0.717) is 43.1 Å². The third-order valence-electron chi connectivity index (χ3n) is 7.44. The van der Waals surface area contributed by atoms with Crippen LogP contribution < -0.4 is 14.2 Å². The van der Waals surface area contributed by atoms with Crippen molar-refractivity contribution in [3.63, 3.8) is 0 Å². The summed E-state index contributed by atoms with van der Waals surface area (Å²) in [6, 6.07) is 17.0. The molecule has 0 aromatic heterocycles. The second-order valence-corrected chi connectivity index (χ2v) is 11.6. The van der Waals surface area contributed by atoms with Crippen LogP contribution in [-0.2, 0) is 16.0 Å². The Hall–Kier alpha value is -4.10. The van der Waals surface area contributed by atoms with Gasteiger partial charge in [-0.3, -0.25) is 0 Å². The van der Waals surface area contributed by atoms with Crippen molar-refractivity contribution in [3.8, 4) is 17.2 Å². The van der Waals surface area contributed by atoms with Crippen LogP contribution in [0.4, 0.5) is 0 Å². The predicted molar refractivity (Wildman–Crippen MR) is 181 cm³/mol. The third kappa shape index (κ3) is 12.7. The molecule has 0 spiro atoms. The van der Waals surface area contributed by atoms with Gasteiger partial charge in [0.1, 0.15) is 17.2 Å². The molecule has 0 saturated carbocycles. The minimum absolute atomic E-state index is 0.112. The summed E-state index contributed by atoms with van der Waals surface area (Å²) in [4.78, 5) is 36.7. The monoisotopic (exact) mass is 648 g/mol. The standard InChI is InChI=1S/C38H45ClO7/c1-4-6-7-8-9-10-11-12-15-29-16-19-31(20-17-29)45-38(42)33-22-21-32(27-34(33)39)46-37(41)30-18-23-35(28(3)26-30)43-24-13-14-25-44-36(40)5-2/h5,16-23,26-27H,2,4,6-15,24-25H2,1,3H3. The Morgan fingerprint density at radius 3 is 2.07 bits per heavy atom. The molecule has 0 aliphatic heterocycles. The van der Waals surface area contributed by atoms with Gasteiger partial charge in [-0.25, -0.2) is 14.4 Å². The van der Waals surface area contributed by atoms with Crippen molar-refractivity contribution in [1.82, 2.24) is 0 Å². The topological polar surface area (TPSA) is 88.1 Å². The molecule has 3 aromatic rings. The molecule has 0 amide bonds. The van der Waals surface area contributed by atoms with Crippen LogP contribution in [0.1, 0.15) is 103 Å². The number of benzene rings is 3. The fourth-order valence-electron chi connectivity index (χ4n) is 4.80. The Kier molecular flexibility index (Phi) is 15.9. The Morgan fingerprint density at radius 2 is 1.39 bits per heavy atom. The number of carbonyl (C=O) groups excluding carboxylic acids is 3. The van der Waals surface area contributed by atoms with Gasteiger partial charge < -0.3 is 18.9 Å². The van der Waals surface area contributed by atoms with Crippen molar-refractivity contribution >= 4 is 29.5 Å². The molecule has 0 fully saturated rings. The average Bonchev–Trinajstić information content (AvgIpc) is 3.05. The molecule has 0 saturated heterocycles. The van der Waals surface area contributed by atoms with Gasteiger partial charge in [0.25, 0.3) is 0 Å². The van der Waals surface area contributed by atoms with Gasteiger partial charge in [0.05, 0.1) is 29.4 Å². The summed E-state index contributed by atoms with van der Waals surface area (Å²) in [5.74, 6) is -0.330. The van der Waals surface area contributed by atoms with Crippen LogP contribution in [-0.4, -0.2) is 31.1 Å². The number of hydrogen-bond acceptors (Lipinski definition) is 7. The number of ether oxygens (including phenoxy) is 4. The number of rotatable bonds is 20. The van der Waals surface area contributed by atoms with E-state index in [4.69, 9.17) is 30.5 Å². The number of hydrogen-bond donors (Lipinski definition) is 0. The summed E-state index contributed by atoms with van der Waals surface area (Å²) in [7, 11) is 0. The van der Waals surface area contributed by atoms with E-state index in [1.54, 1.807) is 30.3 Å². The summed E-state index contributed by atoms with van der Waals surface area (Å²) in [6.45, 7) is 8.17. The lowest BCUT2D eigenvalue weighted by atomic mass is 10.0. The van der Waals surface area contributed by atoms with Crippen molar-refractivity contribution in [1.29, 1.82) is 0 Å². The summed E-state index contributed by atoms with van der Waals surface area (Å²) in [5, 5.41) is 0.112. The van der Waals surface area contributed by atoms with Crippen molar-refractivity contribution in [3.05, 3.63) is 101 Å². The summed E-state index contributed by atoms with van der Waals surface area (Å²) >= 11 is 6.37. The second-order valence-electron chi connectivity index (χ2n) is 11.2. The van der Waals surface area contributed by atoms with E-state index < -0.39 is 17.9 Å². The first-order valence-electron chi connectivity index (χ1n) is 16.2. The molecule has 0 atom stereocenters. The van der Waals surface area contributed by atoms with Crippen LogP contribution in [0.25, 0.3) is 0 Å². The number of halogens is 1. The first-order chi connectivity index (χ1) is 22.3. The lowest BCUT2D eigenvalue weighted by Crippen LogP contribution is -2.11. The highest BCUT2D eigenvalue weighted by Gasteiger charge is 2.17. The maximum atomic E-state index is 12.8. The van der Waals surface area contributed by atoms with Crippen LogP contribution >= 0.6 is 11.6 Å². The van der Waals surface area contributed by atoms with Gasteiger partial charge in [-0.2, -0.15) is 0 Å². The molecule has 0 aliphatic rings. The lowest BCUT2D eigenvalue weighted by molar-refractivity contribution is -0.137. The summed E-state index contributed by atoms with van der Waals surface area (Å²) in [6.07, 6.45) is 13.8. The molecule has 46 heavy (non-hydrogen) atoms. The van der Waals surface area contributed by atoms with Crippen LogP contribution in [0.5, 0.6) is 17.2 Å². The van der Waals surface area contributed by atoms with Crippen molar-refractivity contribution < 1.29 is 33.3 Å². The van der Waals surface area contributed by atoms with Crippen molar-refractivity contribution in [2.45, 2.75) is 84.5 Å². The highest BCUT2D eigenvalue weighted by Crippen LogP contribution is 2.26.